The van der Waals surface area contributed by atoms with E-state index < -0.39 is 0 Å². The number of aromatic nitrogens is 1. The van der Waals surface area contributed by atoms with Gasteiger partial charge in [0.25, 0.3) is 0 Å². The number of nitrogen functional groups attached to an aromatic ring is 1. The highest BCUT2D eigenvalue weighted by atomic mass is 35.5. The molecule has 1 aromatic heterocycles. The summed E-state index contributed by atoms with van der Waals surface area (Å²) in [6.45, 7) is 1.94. The van der Waals surface area contributed by atoms with Crippen LogP contribution >= 0.6 is 11.6 Å². The first-order chi connectivity index (χ1) is 7.74. The van der Waals surface area contributed by atoms with Gasteiger partial charge in [-0.25, -0.2) is 0 Å². The SMILES string of the molecule is COCCOCCOc1nc(Cl)ccc1N. The van der Waals surface area contributed by atoms with E-state index in [9.17, 15) is 0 Å². The molecule has 0 aromatic carbocycles. The second-order valence-corrected chi connectivity index (χ2v) is 3.37. The molecule has 0 fully saturated rings. The van der Waals surface area contributed by atoms with Crippen LogP contribution in [-0.4, -0.2) is 38.5 Å². The van der Waals surface area contributed by atoms with Gasteiger partial charge in [0.2, 0.25) is 5.88 Å². The lowest BCUT2D eigenvalue weighted by Crippen LogP contribution is -2.11. The summed E-state index contributed by atoms with van der Waals surface area (Å²) in [5.74, 6) is 0.336. The number of rotatable bonds is 7. The molecule has 90 valence electrons. The van der Waals surface area contributed by atoms with Crippen molar-refractivity contribution in [3.05, 3.63) is 17.3 Å². The fourth-order valence-electron chi connectivity index (χ4n) is 0.986. The minimum atomic E-state index is 0.336. The summed E-state index contributed by atoms with van der Waals surface area (Å²) >= 11 is 5.70. The predicted octanol–water partition coefficient (Wildman–Crippen LogP) is 1.36. The van der Waals surface area contributed by atoms with E-state index >= 15 is 0 Å². The highest BCUT2D eigenvalue weighted by molar-refractivity contribution is 6.29. The molecular formula is C10H15ClN2O3. The van der Waals surface area contributed by atoms with Crippen molar-refractivity contribution >= 4 is 17.3 Å². The third-order valence-corrected chi connectivity index (χ3v) is 1.96. The molecule has 0 spiro atoms. The maximum atomic E-state index is 5.70. The monoisotopic (exact) mass is 246 g/mol. The Morgan fingerprint density at radius 2 is 2.00 bits per heavy atom. The van der Waals surface area contributed by atoms with Gasteiger partial charge in [0.1, 0.15) is 11.8 Å². The lowest BCUT2D eigenvalue weighted by atomic mass is 10.4. The molecule has 6 heteroatoms. The predicted molar refractivity (Wildman–Crippen MR) is 61.8 cm³/mol. The van der Waals surface area contributed by atoms with E-state index in [4.69, 9.17) is 31.5 Å². The van der Waals surface area contributed by atoms with Crippen LogP contribution in [0.25, 0.3) is 0 Å². The Kier molecular flexibility index (Phi) is 5.92. The van der Waals surface area contributed by atoms with Crippen LogP contribution in [0.1, 0.15) is 0 Å². The van der Waals surface area contributed by atoms with Crippen molar-refractivity contribution in [1.29, 1.82) is 0 Å². The molecule has 0 aliphatic carbocycles. The first-order valence-corrected chi connectivity index (χ1v) is 5.23. The standard InChI is InChI=1S/C10H15ClN2O3/c1-14-4-5-15-6-7-16-10-8(12)2-3-9(11)13-10/h2-3H,4-7,12H2,1H3. The highest BCUT2D eigenvalue weighted by Crippen LogP contribution is 2.20. The van der Waals surface area contributed by atoms with E-state index in [0.29, 0.717) is 43.1 Å². The van der Waals surface area contributed by atoms with Gasteiger partial charge < -0.3 is 19.9 Å². The van der Waals surface area contributed by atoms with Crippen molar-refractivity contribution in [3.8, 4) is 5.88 Å². The van der Waals surface area contributed by atoms with Crippen molar-refractivity contribution in [2.75, 3.05) is 39.3 Å². The van der Waals surface area contributed by atoms with Gasteiger partial charge in [-0.1, -0.05) is 11.6 Å². The van der Waals surface area contributed by atoms with E-state index in [2.05, 4.69) is 4.98 Å². The number of hydrogen-bond donors (Lipinski definition) is 1. The Morgan fingerprint density at radius 3 is 2.75 bits per heavy atom. The van der Waals surface area contributed by atoms with Gasteiger partial charge in [0, 0.05) is 7.11 Å². The summed E-state index contributed by atoms with van der Waals surface area (Å²) in [4.78, 5) is 3.94. The molecule has 0 atom stereocenters. The molecule has 0 bridgehead atoms. The zero-order valence-corrected chi connectivity index (χ0v) is 9.87. The molecule has 0 unspecified atom stereocenters. The summed E-state index contributed by atoms with van der Waals surface area (Å²) in [5, 5.41) is 0.351. The maximum absolute atomic E-state index is 5.70. The molecule has 0 radical (unpaired) electrons. The molecule has 5 nitrogen and oxygen atoms in total. The fourth-order valence-corrected chi connectivity index (χ4v) is 1.13. The molecule has 0 aliphatic heterocycles. The van der Waals surface area contributed by atoms with Crippen LogP contribution in [0.15, 0.2) is 12.1 Å². The Balaban J connectivity index is 2.23. The van der Waals surface area contributed by atoms with Crippen molar-refractivity contribution in [2.45, 2.75) is 0 Å². The van der Waals surface area contributed by atoms with Gasteiger partial charge in [0.05, 0.1) is 25.5 Å². The number of pyridine rings is 1. The van der Waals surface area contributed by atoms with Gasteiger partial charge in [0.15, 0.2) is 0 Å². The van der Waals surface area contributed by atoms with Gasteiger partial charge in [-0.3, -0.25) is 0 Å². The quantitative estimate of drug-likeness (QED) is 0.581. The van der Waals surface area contributed by atoms with Gasteiger partial charge in [-0.15, -0.1) is 0 Å². The molecule has 1 aromatic rings. The average Bonchev–Trinajstić information content (AvgIpc) is 2.28. The number of anilines is 1. The molecular weight excluding hydrogens is 232 g/mol. The number of nitrogens with zero attached hydrogens (tertiary/aromatic N) is 1. The molecule has 2 N–H and O–H groups in total. The van der Waals surface area contributed by atoms with Crippen LogP contribution in [0, 0.1) is 0 Å². The van der Waals surface area contributed by atoms with Crippen LogP contribution < -0.4 is 10.5 Å². The zero-order chi connectivity index (χ0) is 11.8. The zero-order valence-electron chi connectivity index (χ0n) is 9.11. The number of halogens is 1. The molecule has 0 amide bonds. The number of methoxy groups -OCH3 is 1. The minimum Gasteiger partial charge on any atom is -0.474 e. The summed E-state index contributed by atoms with van der Waals surface area (Å²) in [6.07, 6.45) is 0. The van der Waals surface area contributed by atoms with Crippen LogP contribution in [0.5, 0.6) is 5.88 Å². The first kappa shape index (κ1) is 13.0. The second-order valence-electron chi connectivity index (χ2n) is 2.98. The molecule has 16 heavy (non-hydrogen) atoms. The highest BCUT2D eigenvalue weighted by Gasteiger charge is 2.02. The van der Waals surface area contributed by atoms with E-state index in [1.807, 2.05) is 0 Å². The topological polar surface area (TPSA) is 66.6 Å². The third-order valence-electron chi connectivity index (χ3n) is 1.75. The Labute approximate surface area is 99.5 Å². The molecule has 0 aliphatic rings. The van der Waals surface area contributed by atoms with E-state index in [0.717, 1.165) is 0 Å². The van der Waals surface area contributed by atoms with Crippen molar-refractivity contribution < 1.29 is 14.2 Å². The Bertz CT molecular complexity index is 323. The normalized spacial score (nSPS) is 10.4. The Hall–Kier alpha value is -1.04. The van der Waals surface area contributed by atoms with Crippen LogP contribution in [0.2, 0.25) is 5.15 Å². The summed E-state index contributed by atoms with van der Waals surface area (Å²) < 4.78 is 15.4. The Morgan fingerprint density at radius 1 is 1.25 bits per heavy atom. The number of hydrogen-bond acceptors (Lipinski definition) is 5. The molecule has 0 saturated heterocycles. The maximum Gasteiger partial charge on any atom is 0.238 e. The number of nitrogens with two attached hydrogens (primary N) is 1. The fraction of sp³-hybridized carbons (Fsp3) is 0.500. The van der Waals surface area contributed by atoms with E-state index in [1.165, 1.54) is 0 Å². The van der Waals surface area contributed by atoms with E-state index in [1.54, 1.807) is 19.2 Å². The molecule has 1 heterocycles. The van der Waals surface area contributed by atoms with Crippen molar-refractivity contribution in [2.24, 2.45) is 0 Å². The van der Waals surface area contributed by atoms with Crippen LogP contribution in [0.4, 0.5) is 5.69 Å². The van der Waals surface area contributed by atoms with Gasteiger partial charge in [-0.2, -0.15) is 4.98 Å². The lowest BCUT2D eigenvalue weighted by Gasteiger charge is -2.08. The van der Waals surface area contributed by atoms with Crippen LogP contribution in [0.3, 0.4) is 0 Å². The van der Waals surface area contributed by atoms with Crippen molar-refractivity contribution in [3.63, 3.8) is 0 Å². The van der Waals surface area contributed by atoms with Gasteiger partial charge in [-0.05, 0) is 12.1 Å². The van der Waals surface area contributed by atoms with E-state index in [-0.39, 0.29) is 0 Å². The average molecular weight is 247 g/mol. The number of ether oxygens (including phenoxy) is 3. The third kappa shape index (κ3) is 4.65. The first-order valence-electron chi connectivity index (χ1n) is 4.85. The molecule has 0 saturated carbocycles. The molecule has 1 rings (SSSR count). The largest absolute Gasteiger partial charge is 0.474 e. The minimum absolute atomic E-state index is 0.336. The lowest BCUT2D eigenvalue weighted by molar-refractivity contribution is 0.0538. The van der Waals surface area contributed by atoms with Gasteiger partial charge >= 0.3 is 0 Å². The summed E-state index contributed by atoms with van der Waals surface area (Å²) in [5.41, 5.74) is 6.10. The second kappa shape index (κ2) is 7.27. The van der Waals surface area contributed by atoms with Crippen LogP contribution in [-0.2, 0) is 9.47 Å². The van der Waals surface area contributed by atoms with Crippen molar-refractivity contribution in [1.82, 2.24) is 4.98 Å². The summed E-state index contributed by atoms with van der Waals surface area (Å²) in [7, 11) is 1.62. The summed E-state index contributed by atoms with van der Waals surface area (Å²) in [6, 6.07) is 3.26. The smallest absolute Gasteiger partial charge is 0.238 e.